The number of rotatable bonds is 8. The van der Waals surface area contributed by atoms with Gasteiger partial charge in [0, 0.05) is 64.4 Å². The molecule has 0 radical (unpaired) electrons. The molecule has 2 aliphatic heterocycles. The van der Waals surface area contributed by atoms with Crippen LogP contribution in [-0.2, 0) is 0 Å². The third kappa shape index (κ3) is 7.24. The van der Waals surface area contributed by atoms with Gasteiger partial charge in [0.2, 0.25) is 0 Å². The summed E-state index contributed by atoms with van der Waals surface area (Å²) in [6, 6.07) is 19.4. The molecule has 4 aromatic rings. The van der Waals surface area contributed by atoms with E-state index in [4.69, 9.17) is 23.2 Å². The van der Waals surface area contributed by atoms with Gasteiger partial charge in [0.15, 0.2) is 0 Å². The van der Waals surface area contributed by atoms with Crippen LogP contribution < -0.4 is 21.6 Å². The number of benzene rings is 3. The fraction of sp³-hybridized carbons (Fsp3) is 0.314. The average molecular weight is 678 g/mol. The molecule has 2 aliphatic rings. The molecular weight excluding hydrogens is 641 g/mol. The molecular formula is C35H36Cl2F2N8. The van der Waals surface area contributed by atoms with Crippen LogP contribution in [-0.4, -0.2) is 39.6 Å². The number of fused-ring (bicyclic) bond motifs is 1. The van der Waals surface area contributed by atoms with Gasteiger partial charge in [-0.25, -0.2) is 8.78 Å². The second-order valence-corrected chi connectivity index (χ2v) is 13.7. The quantitative estimate of drug-likeness (QED) is 0.147. The second kappa shape index (κ2) is 13.5. The van der Waals surface area contributed by atoms with Crippen LogP contribution in [0, 0.1) is 11.3 Å². The monoisotopic (exact) mass is 676 g/mol. The van der Waals surface area contributed by atoms with Gasteiger partial charge in [-0.3, -0.25) is 14.9 Å². The van der Waals surface area contributed by atoms with E-state index >= 15 is 0 Å². The van der Waals surface area contributed by atoms with Crippen molar-refractivity contribution >= 4 is 51.2 Å². The number of aromatic nitrogens is 1. The highest BCUT2D eigenvalue weighted by Gasteiger charge is 2.32. The Morgan fingerprint density at radius 2 is 1.74 bits per heavy atom. The first-order chi connectivity index (χ1) is 22.5. The number of anilines is 3. The molecule has 8 nitrogen and oxygen atoms in total. The fourth-order valence-electron chi connectivity index (χ4n) is 6.12. The highest BCUT2D eigenvalue weighted by Crippen LogP contribution is 2.38. The number of nitriles is 1. The summed E-state index contributed by atoms with van der Waals surface area (Å²) < 4.78 is 26.9. The van der Waals surface area contributed by atoms with Gasteiger partial charge in [0.1, 0.15) is 6.07 Å². The number of nitrogens with zero attached hydrogens (tertiary/aromatic N) is 4. The van der Waals surface area contributed by atoms with E-state index in [1.54, 1.807) is 18.2 Å². The van der Waals surface area contributed by atoms with E-state index in [-0.39, 0.29) is 22.7 Å². The minimum absolute atomic E-state index is 0.127. The Hall–Kier alpha value is -4.14. The Labute approximate surface area is 283 Å². The predicted molar refractivity (Wildman–Crippen MR) is 185 cm³/mol. The average Bonchev–Trinajstić information content (AvgIpc) is 3.54. The summed E-state index contributed by atoms with van der Waals surface area (Å²) in [6.07, 6.45) is 2.96. The van der Waals surface area contributed by atoms with E-state index in [0.29, 0.717) is 44.1 Å². The van der Waals surface area contributed by atoms with Crippen LogP contribution in [0.25, 0.3) is 10.9 Å². The number of alkyl halides is 2. The first-order valence-corrected chi connectivity index (χ1v) is 16.2. The summed E-state index contributed by atoms with van der Waals surface area (Å²) in [4.78, 5) is 6.96. The lowest BCUT2D eigenvalue weighted by Crippen LogP contribution is -2.52. The van der Waals surface area contributed by atoms with Crippen molar-refractivity contribution in [1.29, 1.82) is 5.26 Å². The standard InChI is InChI=1S/C35H36Cl2F2N8/c1-35(2,3)46-13-11-27(12-14-46)47-20-30(44-45-47)32(21-7-9-24(36)10-8-21)43-26-16-28-31(23(18-40)19-41-33(28)29(37)17-26)42-25-6-4-5-22(15-25)34(38)39/h4-10,15-17,19-20,27,32,34,43-45H,11-14H2,1-3H3,(H,41,42)/t32-/m0/s1. The fourth-order valence-corrected chi connectivity index (χ4v) is 6.52. The molecule has 0 amide bonds. The van der Waals surface area contributed by atoms with E-state index in [1.807, 2.05) is 30.3 Å². The van der Waals surface area contributed by atoms with Crippen LogP contribution in [0.1, 0.15) is 62.8 Å². The van der Waals surface area contributed by atoms with Crippen LogP contribution in [0.2, 0.25) is 10.0 Å². The summed E-state index contributed by atoms with van der Waals surface area (Å²) in [5.41, 5.74) is 10.8. The number of hydrogen-bond acceptors (Lipinski definition) is 8. The van der Waals surface area contributed by atoms with Gasteiger partial charge in [0.05, 0.1) is 33.5 Å². The summed E-state index contributed by atoms with van der Waals surface area (Å²) in [5, 5.41) is 20.4. The zero-order valence-electron chi connectivity index (χ0n) is 26.3. The normalized spacial score (nSPS) is 16.6. The molecule has 6 rings (SSSR count). The van der Waals surface area contributed by atoms with Crippen LogP contribution in [0.3, 0.4) is 0 Å². The Bertz CT molecular complexity index is 1830. The van der Waals surface area contributed by atoms with Crippen molar-refractivity contribution in [2.45, 2.75) is 57.7 Å². The number of piperidine rings is 1. The minimum Gasteiger partial charge on any atom is -0.373 e. The van der Waals surface area contributed by atoms with E-state index < -0.39 is 6.43 Å². The van der Waals surface area contributed by atoms with Crippen molar-refractivity contribution in [3.63, 3.8) is 0 Å². The van der Waals surface area contributed by atoms with Crippen molar-refractivity contribution in [3.8, 4) is 6.07 Å². The summed E-state index contributed by atoms with van der Waals surface area (Å²) >= 11 is 13.0. The molecule has 0 aliphatic carbocycles. The lowest BCUT2D eigenvalue weighted by atomic mass is 9.98. The van der Waals surface area contributed by atoms with Crippen LogP contribution in [0.15, 0.2) is 78.8 Å². The van der Waals surface area contributed by atoms with Gasteiger partial charge in [-0.1, -0.05) is 47.5 Å². The Kier molecular flexibility index (Phi) is 9.44. The molecule has 4 N–H and O–H groups in total. The lowest BCUT2D eigenvalue weighted by Gasteiger charge is -2.42. The molecule has 1 saturated heterocycles. The highest BCUT2D eigenvalue weighted by atomic mass is 35.5. The molecule has 0 spiro atoms. The van der Waals surface area contributed by atoms with E-state index in [2.05, 4.69) is 69.5 Å². The topological polar surface area (TPSA) is 91.3 Å². The van der Waals surface area contributed by atoms with Crippen LogP contribution in [0.4, 0.5) is 25.8 Å². The Balaban J connectivity index is 1.34. The highest BCUT2D eigenvalue weighted by molar-refractivity contribution is 6.36. The van der Waals surface area contributed by atoms with Gasteiger partial charge in [0.25, 0.3) is 6.43 Å². The maximum atomic E-state index is 13.4. The number of pyridine rings is 1. The zero-order chi connectivity index (χ0) is 33.3. The van der Waals surface area contributed by atoms with Crippen molar-refractivity contribution in [2.75, 3.05) is 23.7 Å². The van der Waals surface area contributed by atoms with Gasteiger partial charge in [-0.05, 0) is 75.6 Å². The zero-order valence-corrected chi connectivity index (χ0v) is 27.8. The van der Waals surface area contributed by atoms with Crippen LogP contribution >= 0.6 is 23.2 Å². The molecule has 1 aromatic heterocycles. The smallest absolute Gasteiger partial charge is 0.263 e. The molecule has 1 fully saturated rings. The third-order valence-corrected chi connectivity index (χ3v) is 9.23. The molecule has 1 atom stereocenters. The van der Waals surface area contributed by atoms with Crippen LogP contribution in [0.5, 0.6) is 0 Å². The molecule has 3 heterocycles. The first-order valence-electron chi connectivity index (χ1n) is 15.5. The summed E-state index contributed by atoms with van der Waals surface area (Å²) in [7, 11) is 0. The van der Waals surface area contributed by atoms with Crippen molar-refractivity contribution in [3.05, 3.63) is 105 Å². The number of nitrogens with one attached hydrogen (secondary N) is 4. The molecule has 0 unspecified atom stereocenters. The van der Waals surface area contributed by atoms with Gasteiger partial charge >= 0.3 is 0 Å². The van der Waals surface area contributed by atoms with E-state index in [0.717, 1.165) is 37.2 Å². The third-order valence-electron chi connectivity index (χ3n) is 8.69. The summed E-state index contributed by atoms with van der Waals surface area (Å²) in [5.74, 6) is 0. The van der Waals surface area contributed by atoms with Crippen molar-refractivity contribution in [1.82, 2.24) is 25.9 Å². The molecule has 12 heteroatoms. The van der Waals surface area contributed by atoms with Crippen molar-refractivity contribution in [2.24, 2.45) is 0 Å². The maximum absolute atomic E-state index is 13.4. The van der Waals surface area contributed by atoms with Gasteiger partial charge in [-0.2, -0.15) is 5.26 Å². The Morgan fingerprint density at radius 1 is 1.00 bits per heavy atom. The van der Waals surface area contributed by atoms with E-state index in [1.165, 1.54) is 18.3 Å². The van der Waals surface area contributed by atoms with Crippen molar-refractivity contribution < 1.29 is 8.78 Å². The number of hydrazine groups is 2. The lowest BCUT2D eigenvalue weighted by molar-refractivity contribution is 0.0570. The van der Waals surface area contributed by atoms with E-state index in [9.17, 15) is 14.0 Å². The van der Waals surface area contributed by atoms with Gasteiger partial charge < -0.3 is 16.1 Å². The van der Waals surface area contributed by atoms with Gasteiger partial charge in [-0.15, -0.1) is 5.53 Å². The summed E-state index contributed by atoms with van der Waals surface area (Å²) in [6.45, 7) is 8.80. The predicted octanol–water partition coefficient (Wildman–Crippen LogP) is 8.68. The molecule has 3 aromatic carbocycles. The second-order valence-electron chi connectivity index (χ2n) is 12.8. The Morgan fingerprint density at radius 3 is 2.43 bits per heavy atom. The number of likely N-dealkylation sites (tertiary alicyclic amines) is 1. The SMILES string of the molecule is CC(C)(C)N1CCC(N2C=C([C@@H](Nc3cc(Cl)c4ncc(C#N)c(Nc5cccc(C(F)F)c5)c4c3)c3ccc(Cl)cc3)NN2)CC1. The number of halogens is 4. The largest absolute Gasteiger partial charge is 0.373 e. The molecule has 0 bridgehead atoms. The molecule has 47 heavy (non-hydrogen) atoms. The molecule has 0 saturated carbocycles. The minimum atomic E-state index is -2.63. The molecule has 244 valence electrons. The maximum Gasteiger partial charge on any atom is 0.263 e. The first kappa shape index (κ1) is 32.8. The number of hydrogen-bond donors (Lipinski definition) is 4.